The number of alkyl halides is 2. The van der Waals surface area contributed by atoms with Crippen LogP contribution in [0.25, 0.3) is 0 Å². The third-order valence-electron chi connectivity index (χ3n) is 0.985. The van der Waals surface area contributed by atoms with Crippen LogP contribution in [0.15, 0.2) is 12.3 Å². The normalized spacial score (nSPS) is 8.83. The minimum atomic E-state index is -2.12. The number of halogens is 2. The smallest absolute Gasteiger partial charge is 0.238 e. The minimum Gasteiger partial charge on any atom is -0.389 e. The summed E-state index contributed by atoms with van der Waals surface area (Å²) in [5.74, 6) is 0. The van der Waals surface area contributed by atoms with E-state index in [1.54, 1.807) is 0 Å². The van der Waals surface area contributed by atoms with E-state index in [4.69, 9.17) is 0 Å². The van der Waals surface area contributed by atoms with Gasteiger partial charge in [-0.3, -0.25) is 0 Å². The summed E-state index contributed by atoms with van der Waals surface area (Å²) in [5.41, 5.74) is 1.06. The van der Waals surface area contributed by atoms with Gasteiger partial charge in [-0.25, -0.2) is 8.78 Å². The molecular weight excluding hydrogens is 160 g/mol. The van der Waals surface area contributed by atoms with Crippen LogP contribution in [0.3, 0.4) is 0 Å². The van der Waals surface area contributed by atoms with Crippen LogP contribution >= 0.6 is 0 Å². The largest absolute Gasteiger partial charge is 0.389 e. The predicted molar refractivity (Wildman–Crippen MR) is 49.4 cm³/mol. The molecule has 0 fully saturated rings. The zero-order chi connectivity index (χ0) is 9.98. The van der Waals surface area contributed by atoms with Crippen molar-refractivity contribution in [1.82, 2.24) is 5.32 Å². The van der Waals surface area contributed by atoms with Crippen LogP contribution in [0.4, 0.5) is 8.78 Å². The van der Waals surface area contributed by atoms with Gasteiger partial charge in [0.1, 0.15) is 0 Å². The first-order valence-electron chi connectivity index (χ1n) is 4.22. The second-order valence-electron chi connectivity index (χ2n) is 2.51. The van der Waals surface area contributed by atoms with Crippen LogP contribution in [0, 0.1) is 0 Å². The van der Waals surface area contributed by atoms with Gasteiger partial charge in [0.25, 0.3) is 0 Å². The van der Waals surface area contributed by atoms with E-state index in [1.165, 1.54) is 13.3 Å². The fraction of sp³-hybridized carbons (Fsp3) is 0.778. The molecule has 0 aromatic rings. The van der Waals surface area contributed by atoms with Crippen molar-refractivity contribution in [2.45, 2.75) is 40.0 Å². The van der Waals surface area contributed by atoms with Gasteiger partial charge in [-0.05, 0) is 13.3 Å². The summed E-state index contributed by atoms with van der Waals surface area (Å²) in [6.45, 7) is 10.3. The molecule has 0 saturated carbocycles. The van der Waals surface area contributed by atoms with Crippen molar-refractivity contribution in [3.8, 4) is 0 Å². The van der Waals surface area contributed by atoms with Crippen LogP contribution in [-0.2, 0) is 0 Å². The van der Waals surface area contributed by atoms with E-state index in [2.05, 4.69) is 18.8 Å². The van der Waals surface area contributed by atoms with E-state index < -0.39 is 6.43 Å². The number of allylic oxidation sites excluding steroid dienone is 1. The SMILES string of the molecule is C=C(C)NCCC.CCC(F)F. The van der Waals surface area contributed by atoms with Crippen molar-refractivity contribution in [1.29, 1.82) is 0 Å². The van der Waals surface area contributed by atoms with Gasteiger partial charge in [-0.1, -0.05) is 20.4 Å². The van der Waals surface area contributed by atoms with Crippen LogP contribution in [-0.4, -0.2) is 13.0 Å². The Hall–Kier alpha value is -0.600. The Bertz CT molecular complexity index is 103. The molecule has 1 N–H and O–H groups in total. The molecule has 0 bridgehead atoms. The van der Waals surface area contributed by atoms with Gasteiger partial charge in [-0.2, -0.15) is 0 Å². The number of nitrogens with one attached hydrogen (secondary N) is 1. The van der Waals surface area contributed by atoms with E-state index in [0.717, 1.165) is 12.2 Å². The monoisotopic (exact) mass is 179 g/mol. The highest BCUT2D eigenvalue weighted by molar-refractivity contribution is 4.83. The number of hydrogen-bond donors (Lipinski definition) is 1. The summed E-state index contributed by atoms with van der Waals surface area (Å²) < 4.78 is 21.5. The summed E-state index contributed by atoms with van der Waals surface area (Å²) in [5, 5.41) is 3.10. The quantitative estimate of drug-likeness (QED) is 0.699. The van der Waals surface area contributed by atoms with Gasteiger partial charge in [0.05, 0.1) is 0 Å². The highest BCUT2D eigenvalue weighted by atomic mass is 19.3. The molecule has 1 nitrogen and oxygen atoms in total. The molecule has 0 unspecified atom stereocenters. The van der Waals surface area contributed by atoms with Crippen molar-refractivity contribution < 1.29 is 8.78 Å². The molecule has 0 aliphatic rings. The molecule has 0 atom stereocenters. The Morgan fingerprint density at radius 1 is 1.42 bits per heavy atom. The van der Waals surface area contributed by atoms with Gasteiger partial charge in [-0.15, -0.1) is 0 Å². The zero-order valence-electron chi connectivity index (χ0n) is 8.16. The fourth-order valence-electron chi connectivity index (χ4n) is 0.338. The first-order valence-corrected chi connectivity index (χ1v) is 4.22. The molecule has 0 spiro atoms. The zero-order valence-corrected chi connectivity index (χ0v) is 8.16. The van der Waals surface area contributed by atoms with E-state index >= 15 is 0 Å². The summed E-state index contributed by atoms with van der Waals surface area (Å²) in [4.78, 5) is 0. The molecule has 12 heavy (non-hydrogen) atoms. The Labute approximate surface area is 73.9 Å². The molecule has 0 aromatic carbocycles. The summed E-state index contributed by atoms with van der Waals surface area (Å²) in [6, 6.07) is 0. The molecule has 0 aromatic heterocycles. The Morgan fingerprint density at radius 2 is 1.83 bits per heavy atom. The lowest BCUT2D eigenvalue weighted by Crippen LogP contribution is -2.09. The third-order valence-corrected chi connectivity index (χ3v) is 0.985. The predicted octanol–water partition coefficient (Wildman–Crippen LogP) is 3.18. The maximum absolute atomic E-state index is 10.8. The molecule has 0 radical (unpaired) electrons. The fourth-order valence-corrected chi connectivity index (χ4v) is 0.338. The lowest BCUT2D eigenvalue weighted by atomic mass is 10.4. The number of hydrogen-bond acceptors (Lipinski definition) is 1. The first kappa shape index (κ1) is 14.0. The second kappa shape index (κ2) is 10.4. The van der Waals surface area contributed by atoms with Crippen molar-refractivity contribution in [3.63, 3.8) is 0 Å². The van der Waals surface area contributed by atoms with Crippen LogP contribution < -0.4 is 5.32 Å². The Kier molecular flexibility index (Phi) is 12.1. The average Bonchev–Trinajstić information content (AvgIpc) is 2.02. The molecular formula is C9H19F2N. The Balaban J connectivity index is 0. The molecule has 0 heterocycles. The van der Waals surface area contributed by atoms with Crippen LogP contribution in [0.5, 0.6) is 0 Å². The van der Waals surface area contributed by atoms with Gasteiger partial charge in [0.15, 0.2) is 0 Å². The van der Waals surface area contributed by atoms with Crippen molar-refractivity contribution in [3.05, 3.63) is 12.3 Å². The van der Waals surface area contributed by atoms with Crippen LogP contribution in [0.1, 0.15) is 33.6 Å². The van der Waals surface area contributed by atoms with E-state index in [0.29, 0.717) is 0 Å². The average molecular weight is 179 g/mol. The summed E-state index contributed by atoms with van der Waals surface area (Å²) in [7, 11) is 0. The molecule has 0 saturated heterocycles. The molecule has 0 amide bonds. The molecule has 0 aliphatic carbocycles. The van der Waals surface area contributed by atoms with E-state index in [1.807, 2.05) is 6.92 Å². The van der Waals surface area contributed by atoms with Gasteiger partial charge in [0.2, 0.25) is 6.43 Å². The van der Waals surface area contributed by atoms with Crippen LogP contribution in [0.2, 0.25) is 0 Å². The third kappa shape index (κ3) is 22.7. The van der Waals surface area contributed by atoms with Gasteiger partial charge in [0, 0.05) is 18.7 Å². The molecule has 74 valence electrons. The molecule has 0 aliphatic heterocycles. The lowest BCUT2D eigenvalue weighted by molar-refractivity contribution is 0.144. The minimum absolute atomic E-state index is 0.0278. The summed E-state index contributed by atoms with van der Waals surface area (Å²) >= 11 is 0. The van der Waals surface area contributed by atoms with Gasteiger partial charge >= 0.3 is 0 Å². The highest BCUT2D eigenvalue weighted by Gasteiger charge is 1.91. The highest BCUT2D eigenvalue weighted by Crippen LogP contribution is 1.93. The topological polar surface area (TPSA) is 12.0 Å². The number of rotatable bonds is 4. The van der Waals surface area contributed by atoms with Crippen molar-refractivity contribution in [2.24, 2.45) is 0 Å². The molecule has 3 heteroatoms. The van der Waals surface area contributed by atoms with Gasteiger partial charge < -0.3 is 5.32 Å². The van der Waals surface area contributed by atoms with Crippen molar-refractivity contribution >= 4 is 0 Å². The maximum Gasteiger partial charge on any atom is 0.238 e. The second-order valence-corrected chi connectivity index (χ2v) is 2.51. The maximum atomic E-state index is 10.8. The standard InChI is InChI=1S/C6H13N.C3H6F2/c1-4-5-7-6(2)3;1-2-3(4)5/h7H,2,4-5H2,1,3H3;3H,2H2,1H3. The Morgan fingerprint density at radius 3 is 1.92 bits per heavy atom. The lowest BCUT2D eigenvalue weighted by Gasteiger charge is -1.98. The summed E-state index contributed by atoms with van der Waals surface area (Å²) in [6.07, 6.45) is -0.970. The van der Waals surface area contributed by atoms with Crippen molar-refractivity contribution in [2.75, 3.05) is 6.54 Å². The first-order chi connectivity index (χ1) is 5.54. The van der Waals surface area contributed by atoms with E-state index in [-0.39, 0.29) is 6.42 Å². The van der Waals surface area contributed by atoms with E-state index in [9.17, 15) is 8.78 Å². The molecule has 0 rings (SSSR count).